The molecular weight excluding hydrogens is 360 g/mol. The fourth-order valence-corrected chi connectivity index (χ4v) is 3.06. The average Bonchev–Trinajstić information content (AvgIpc) is 2.64. The third-order valence-corrected chi connectivity index (χ3v) is 4.41. The van der Waals surface area contributed by atoms with Crippen LogP contribution in [-0.4, -0.2) is 23.6 Å². The molecule has 0 atom stereocenters. The summed E-state index contributed by atoms with van der Waals surface area (Å²) in [5.41, 5.74) is 4.07. The number of halogens is 1. The van der Waals surface area contributed by atoms with Crippen LogP contribution >= 0.6 is 11.6 Å². The highest BCUT2D eigenvalue weighted by atomic mass is 35.5. The third-order valence-electron chi connectivity index (χ3n) is 4.18. The molecule has 0 aliphatic heterocycles. The molecule has 140 valence electrons. The van der Waals surface area contributed by atoms with Crippen LogP contribution < -0.4 is 15.4 Å². The number of aryl methyl sites for hydroxylation is 2. The fraction of sp³-hybridized carbons (Fsp3) is 0.238. The minimum absolute atomic E-state index is 0.596. The number of aromatic nitrogens is 2. The molecule has 0 aliphatic rings. The summed E-state index contributed by atoms with van der Waals surface area (Å²) in [6.07, 6.45) is 0.820. The summed E-state index contributed by atoms with van der Waals surface area (Å²) >= 11 is 6.03. The molecule has 0 unspecified atom stereocenters. The molecule has 6 heteroatoms. The number of hydrogen-bond donors (Lipinski definition) is 2. The summed E-state index contributed by atoms with van der Waals surface area (Å²) in [4.78, 5) is 9.04. The van der Waals surface area contributed by atoms with E-state index in [1.54, 1.807) is 7.11 Å². The Hall–Kier alpha value is -2.79. The quantitative estimate of drug-likeness (QED) is 0.591. The molecule has 3 aromatic rings. The van der Waals surface area contributed by atoms with E-state index in [9.17, 15) is 0 Å². The molecule has 0 aliphatic carbocycles. The summed E-state index contributed by atoms with van der Waals surface area (Å²) in [5, 5.41) is 7.35. The number of benzene rings is 2. The molecule has 0 saturated carbocycles. The first-order chi connectivity index (χ1) is 13.0. The summed E-state index contributed by atoms with van der Waals surface area (Å²) < 4.78 is 5.39. The second kappa shape index (κ2) is 8.73. The molecule has 0 saturated heterocycles. The largest absolute Gasteiger partial charge is 0.496 e. The number of nitrogens with one attached hydrogen (secondary N) is 2. The number of rotatable bonds is 7. The lowest BCUT2D eigenvalue weighted by Crippen LogP contribution is -2.10. The second-order valence-corrected chi connectivity index (χ2v) is 6.73. The Bertz CT molecular complexity index is 930. The molecular formula is C21H23ClN4O. The molecule has 2 N–H and O–H groups in total. The van der Waals surface area contributed by atoms with Gasteiger partial charge in [-0.05, 0) is 55.7 Å². The molecule has 27 heavy (non-hydrogen) atoms. The molecule has 0 spiro atoms. The molecule has 0 bridgehead atoms. The molecule has 1 aromatic heterocycles. The topological polar surface area (TPSA) is 59.1 Å². The van der Waals surface area contributed by atoms with E-state index in [1.807, 2.05) is 56.3 Å². The van der Waals surface area contributed by atoms with Gasteiger partial charge in [-0.1, -0.05) is 29.8 Å². The van der Waals surface area contributed by atoms with Crippen molar-refractivity contribution in [2.75, 3.05) is 24.3 Å². The van der Waals surface area contributed by atoms with E-state index in [0.29, 0.717) is 12.5 Å². The Kier molecular flexibility index (Phi) is 6.14. The minimum Gasteiger partial charge on any atom is -0.496 e. The molecule has 1 heterocycles. The number of methoxy groups -OCH3 is 1. The van der Waals surface area contributed by atoms with Crippen LogP contribution in [0.15, 0.2) is 48.5 Å². The van der Waals surface area contributed by atoms with E-state index in [-0.39, 0.29) is 0 Å². The number of hydrogen-bond acceptors (Lipinski definition) is 5. The van der Waals surface area contributed by atoms with E-state index in [2.05, 4.69) is 26.7 Å². The first-order valence-corrected chi connectivity index (χ1v) is 9.17. The van der Waals surface area contributed by atoms with Gasteiger partial charge in [0.25, 0.3) is 0 Å². The van der Waals surface area contributed by atoms with Crippen molar-refractivity contribution < 1.29 is 4.74 Å². The van der Waals surface area contributed by atoms with Gasteiger partial charge in [0.15, 0.2) is 0 Å². The maximum atomic E-state index is 6.03. The highest BCUT2D eigenvalue weighted by Crippen LogP contribution is 2.23. The first-order valence-electron chi connectivity index (χ1n) is 8.80. The lowest BCUT2D eigenvalue weighted by molar-refractivity contribution is 0.410. The first kappa shape index (κ1) is 19.0. The van der Waals surface area contributed by atoms with Gasteiger partial charge in [-0.15, -0.1) is 0 Å². The van der Waals surface area contributed by atoms with Crippen LogP contribution in [0.5, 0.6) is 5.75 Å². The van der Waals surface area contributed by atoms with E-state index in [1.165, 1.54) is 0 Å². The van der Waals surface area contributed by atoms with Crippen molar-refractivity contribution >= 4 is 29.1 Å². The number of ether oxygens (including phenoxy) is 1. The summed E-state index contributed by atoms with van der Waals surface area (Å²) in [5.74, 6) is 2.23. The Morgan fingerprint density at radius 2 is 1.85 bits per heavy atom. The summed E-state index contributed by atoms with van der Waals surface area (Å²) in [6, 6.07) is 15.7. The predicted octanol–water partition coefficient (Wildman–Crippen LogP) is 5.15. The Balaban J connectivity index is 1.68. The van der Waals surface area contributed by atoms with Gasteiger partial charge in [-0.2, -0.15) is 4.98 Å². The fourth-order valence-electron chi connectivity index (χ4n) is 2.84. The number of para-hydroxylation sites is 1. The zero-order chi connectivity index (χ0) is 19.2. The van der Waals surface area contributed by atoms with Crippen molar-refractivity contribution in [3.63, 3.8) is 0 Å². The van der Waals surface area contributed by atoms with Crippen molar-refractivity contribution in [3.05, 3.63) is 70.4 Å². The molecule has 2 aromatic carbocycles. The molecule has 3 rings (SSSR count). The Morgan fingerprint density at radius 3 is 2.63 bits per heavy atom. The van der Waals surface area contributed by atoms with Crippen LogP contribution in [0.2, 0.25) is 5.02 Å². The van der Waals surface area contributed by atoms with Gasteiger partial charge in [-0.25, -0.2) is 4.98 Å². The van der Waals surface area contributed by atoms with Crippen molar-refractivity contribution in [1.82, 2.24) is 9.97 Å². The number of anilines is 3. The van der Waals surface area contributed by atoms with Gasteiger partial charge in [0.2, 0.25) is 5.95 Å². The van der Waals surface area contributed by atoms with Crippen LogP contribution in [0.1, 0.15) is 16.8 Å². The van der Waals surface area contributed by atoms with Gasteiger partial charge in [-0.3, -0.25) is 0 Å². The third kappa shape index (κ3) is 5.11. The van der Waals surface area contributed by atoms with E-state index < -0.39 is 0 Å². The second-order valence-electron chi connectivity index (χ2n) is 6.29. The molecule has 5 nitrogen and oxygen atoms in total. The van der Waals surface area contributed by atoms with Crippen LogP contribution in [0, 0.1) is 13.8 Å². The van der Waals surface area contributed by atoms with Crippen LogP contribution in [-0.2, 0) is 6.42 Å². The highest BCUT2D eigenvalue weighted by Gasteiger charge is 2.06. The van der Waals surface area contributed by atoms with Gasteiger partial charge >= 0.3 is 0 Å². The average molecular weight is 383 g/mol. The lowest BCUT2D eigenvalue weighted by atomic mass is 10.1. The van der Waals surface area contributed by atoms with Crippen LogP contribution in [0.25, 0.3) is 0 Å². The van der Waals surface area contributed by atoms with Gasteiger partial charge in [0.1, 0.15) is 11.6 Å². The zero-order valence-corrected chi connectivity index (χ0v) is 16.5. The SMILES string of the molecule is COc1ccccc1CCNc1nc(C)cc(Nc2ccc(Cl)cc2C)n1. The van der Waals surface area contributed by atoms with E-state index in [4.69, 9.17) is 16.3 Å². The van der Waals surface area contributed by atoms with Gasteiger partial charge < -0.3 is 15.4 Å². The van der Waals surface area contributed by atoms with E-state index in [0.717, 1.165) is 45.5 Å². The van der Waals surface area contributed by atoms with Crippen LogP contribution in [0.4, 0.5) is 17.5 Å². The number of nitrogens with zero attached hydrogens (tertiary/aromatic N) is 2. The zero-order valence-electron chi connectivity index (χ0n) is 15.7. The minimum atomic E-state index is 0.596. The molecule has 0 fully saturated rings. The van der Waals surface area contributed by atoms with Crippen molar-refractivity contribution in [1.29, 1.82) is 0 Å². The van der Waals surface area contributed by atoms with Crippen molar-refractivity contribution in [2.24, 2.45) is 0 Å². The smallest absolute Gasteiger partial charge is 0.224 e. The monoisotopic (exact) mass is 382 g/mol. The predicted molar refractivity (Wildman–Crippen MR) is 111 cm³/mol. The van der Waals surface area contributed by atoms with E-state index >= 15 is 0 Å². The lowest BCUT2D eigenvalue weighted by Gasteiger charge is -2.12. The molecule has 0 radical (unpaired) electrons. The van der Waals surface area contributed by atoms with Gasteiger partial charge in [0.05, 0.1) is 7.11 Å². The molecule has 0 amide bonds. The normalized spacial score (nSPS) is 10.5. The van der Waals surface area contributed by atoms with Crippen LogP contribution in [0.3, 0.4) is 0 Å². The highest BCUT2D eigenvalue weighted by molar-refractivity contribution is 6.30. The Labute approximate surface area is 164 Å². The van der Waals surface area contributed by atoms with Gasteiger partial charge in [0, 0.05) is 29.0 Å². The van der Waals surface area contributed by atoms with Crippen molar-refractivity contribution in [2.45, 2.75) is 20.3 Å². The maximum Gasteiger partial charge on any atom is 0.224 e. The summed E-state index contributed by atoms with van der Waals surface area (Å²) in [7, 11) is 1.69. The van der Waals surface area contributed by atoms with Crippen molar-refractivity contribution in [3.8, 4) is 5.75 Å². The Morgan fingerprint density at radius 1 is 1.04 bits per heavy atom. The standard InChI is InChI=1S/C21H23ClN4O/c1-14-12-17(22)8-9-18(14)25-20-13-15(2)24-21(26-20)23-11-10-16-6-4-5-7-19(16)27-3/h4-9,12-13H,10-11H2,1-3H3,(H2,23,24,25,26). The maximum absolute atomic E-state index is 6.03. The summed E-state index contributed by atoms with van der Waals surface area (Å²) in [6.45, 7) is 4.67.